The second-order valence-electron chi connectivity index (χ2n) is 5.67. The summed E-state index contributed by atoms with van der Waals surface area (Å²) >= 11 is 0. The molecule has 2 aliphatic heterocycles. The van der Waals surface area contributed by atoms with E-state index in [0.29, 0.717) is 0 Å². The van der Waals surface area contributed by atoms with Gasteiger partial charge in [-0.25, -0.2) is 0 Å². The van der Waals surface area contributed by atoms with Gasteiger partial charge in [-0.1, -0.05) is 13.3 Å². The molecular weight excluding hydrogens is 210 g/mol. The minimum absolute atomic E-state index is 0.748. The number of hydrogen-bond acceptors (Lipinski definition) is 3. The van der Waals surface area contributed by atoms with Crippen LogP contribution in [0.15, 0.2) is 0 Å². The summed E-state index contributed by atoms with van der Waals surface area (Å²) in [5.74, 6) is 0. The summed E-state index contributed by atoms with van der Waals surface area (Å²) in [6.45, 7) is 12.1. The average Bonchev–Trinajstić information content (AvgIpc) is 2.38. The third kappa shape index (κ3) is 3.67. The molecule has 3 heteroatoms. The predicted octanol–water partition coefficient (Wildman–Crippen LogP) is 1.54. The van der Waals surface area contributed by atoms with Gasteiger partial charge >= 0.3 is 0 Å². The molecule has 0 aliphatic carbocycles. The van der Waals surface area contributed by atoms with Crippen LogP contribution < -0.4 is 5.32 Å². The van der Waals surface area contributed by atoms with Crippen molar-refractivity contribution in [3.05, 3.63) is 0 Å². The molecule has 0 amide bonds. The largest absolute Gasteiger partial charge is 0.317 e. The molecule has 2 rings (SSSR count). The molecule has 1 N–H and O–H groups in total. The van der Waals surface area contributed by atoms with Crippen LogP contribution in [0.3, 0.4) is 0 Å². The standard InChI is InChI=1S/C14H29N3/c1-3-15-8-7-13(2)17-11-10-16-9-5-4-6-14(16)12-17/h13-15H,3-12H2,1-2H3. The van der Waals surface area contributed by atoms with E-state index in [1.165, 1.54) is 58.4 Å². The van der Waals surface area contributed by atoms with Crippen LogP contribution in [0, 0.1) is 0 Å². The lowest BCUT2D eigenvalue weighted by Crippen LogP contribution is -2.56. The van der Waals surface area contributed by atoms with Gasteiger partial charge in [-0.05, 0) is 45.8 Å². The van der Waals surface area contributed by atoms with Crippen molar-refractivity contribution in [2.75, 3.05) is 39.3 Å². The number of piperidine rings is 1. The summed E-state index contributed by atoms with van der Waals surface area (Å²) in [5.41, 5.74) is 0. The first kappa shape index (κ1) is 13.3. The molecule has 0 radical (unpaired) electrons. The topological polar surface area (TPSA) is 18.5 Å². The summed E-state index contributed by atoms with van der Waals surface area (Å²) in [5, 5.41) is 3.44. The van der Waals surface area contributed by atoms with Gasteiger partial charge in [0.1, 0.15) is 0 Å². The molecule has 0 aromatic heterocycles. The van der Waals surface area contributed by atoms with E-state index in [1.807, 2.05) is 0 Å². The first-order valence-corrected chi connectivity index (χ1v) is 7.50. The van der Waals surface area contributed by atoms with Gasteiger partial charge in [0.25, 0.3) is 0 Å². The second-order valence-corrected chi connectivity index (χ2v) is 5.67. The Balaban J connectivity index is 1.74. The second kappa shape index (κ2) is 6.72. The van der Waals surface area contributed by atoms with Crippen LogP contribution >= 0.6 is 0 Å². The summed E-state index contributed by atoms with van der Waals surface area (Å²) in [4.78, 5) is 5.43. The zero-order chi connectivity index (χ0) is 12.1. The maximum absolute atomic E-state index is 3.44. The van der Waals surface area contributed by atoms with Gasteiger partial charge in [0, 0.05) is 31.7 Å². The Morgan fingerprint density at radius 2 is 2.12 bits per heavy atom. The molecule has 0 aromatic rings. The molecule has 2 aliphatic rings. The summed E-state index contributed by atoms with van der Waals surface area (Å²) in [6.07, 6.45) is 5.59. The van der Waals surface area contributed by atoms with Crippen molar-refractivity contribution in [1.29, 1.82) is 0 Å². The number of fused-ring (bicyclic) bond motifs is 1. The van der Waals surface area contributed by atoms with E-state index < -0.39 is 0 Å². The summed E-state index contributed by atoms with van der Waals surface area (Å²) in [7, 11) is 0. The number of rotatable bonds is 5. The lowest BCUT2D eigenvalue weighted by Gasteiger charge is -2.46. The van der Waals surface area contributed by atoms with E-state index in [2.05, 4.69) is 29.0 Å². The van der Waals surface area contributed by atoms with Crippen molar-refractivity contribution in [1.82, 2.24) is 15.1 Å². The fourth-order valence-electron chi connectivity index (χ4n) is 3.25. The molecule has 100 valence electrons. The van der Waals surface area contributed by atoms with Gasteiger partial charge in [0.05, 0.1) is 0 Å². The Morgan fingerprint density at radius 3 is 2.94 bits per heavy atom. The fourth-order valence-corrected chi connectivity index (χ4v) is 3.25. The first-order valence-electron chi connectivity index (χ1n) is 7.50. The number of nitrogens with zero attached hydrogens (tertiary/aromatic N) is 2. The average molecular weight is 239 g/mol. The SMILES string of the molecule is CCNCCC(C)N1CCN2CCCCC2C1. The Bertz CT molecular complexity index is 220. The highest BCUT2D eigenvalue weighted by atomic mass is 15.3. The van der Waals surface area contributed by atoms with E-state index in [9.17, 15) is 0 Å². The third-order valence-corrected chi connectivity index (χ3v) is 4.48. The quantitative estimate of drug-likeness (QED) is 0.734. The Labute approximate surface area is 107 Å². The molecule has 2 saturated heterocycles. The molecule has 0 aromatic carbocycles. The van der Waals surface area contributed by atoms with Gasteiger partial charge < -0.3 is 5.32 Å². The highest BCUT2D eigenvalue weighted by Crippen LogP contribution is 2.22. The Morgan fingerprint density at radius 1 is 1.24 bits per heavy atom. The van der Waals surface area contributed by atoms with Gasteiger partial charge in [0.15, 0.2) is 0 Å². The smallest absolute Gasteiger partial charge is 0.0223 e. The Kier molecular flexibility index (Phi) is 5.26. The lowest BCUT2D eigenvalue weighted by molar-refractivity contribution is 0.0295. The molecule has 2 fully saturated rings. The maximum Gasteiger partial charge on any atom is 0.0223 e. The highest BCUT2D eigenvalue weighted by molar-refractivity contribution is 4.86. The number of hydrogen-bond donors (Lipinski definition) is 1. The van der Waals surface area contributed by atoms with Crippen LogP contribution in [0.2, 0.25) is 0 Å². The van der Waals surface area contributed by atoms with E-state index in [4.69, 9.17) is 0 Å². The molecule has 17 heavy (non-hydrogen) atoms. The van der Waals surface area contributed by atoms with Crippen LogP contribution in [0.1, 0.15) is 39.5 Å². The van der Waals surface area contributed by atoms with E-state index >= 15 is 0 Å². The van der Waals surface area contributed by atoms with Crippen LogP contribution in [0.5, 0.6) is 0 Å². The summed E-state index contributed by atoms with van der Waals surface area (Å²) in [6, 6.07) is 1.61. The first-order chi connectivity index (χ1) is 8.31. The Hall–Kier alpha value is -0.120. The van der Waals surface area contributed by atoms with Crippen LogP contribution in [-0.4, -0.2) is 61.2 Å². The van der Waals surface area contributed by atoms with Crippen molar-refractivity contribution < 1.29 is 0 Å². The molecule has 0 saturated carbocycles. The molecule has 0 bridgehead atoms. The maximum atomic E-state index is 3.44. The van der Waals surface area contributed by atoms with E-state index in [0.717, 1.165) is 18.6 Å². The number of nitrogens with one attached hydrogen (secondary N) is 1. The van der Waals surface area contributed by atoms with Gasteiger partial charge in [-0.15, -0.1) is 0 Å². The normalized spacial score (nSPS) is 28.9. The monoisotopic (exact) mass is 239 g/mol. The highest BCUT2D eigenvalue weighted by Gasteiger charge is 2.30. The molecule has 3 nitrogen and oxygen atoms in total. The van der Waals surface area contributed by atoms with E-state index in [-0.39, 0.29) is 0 Å². The molecular formula is C14H29N3. The van der Waals surface area contributed by atoms with Crippen LogP contribution in [0.25, 0.3) is 0 Å². The lowest BCUT2D eigenvalue weighted by atomic mass is 9.98. The predicted molar refractivity (Wildman–Crippen MR) is 73.4 cm³/mol. The van der Waals surface area contributed by atoms with E-state index in [1.54, 1.807) is 0 Å². The van der Waals surface area contributed by atoms with Crippen molar-refractivity contribution in [3.8, 4) is 0 Å². The van der Waals surface area contributed by atoms with Crippen molar-refractivity contribution in [2.45, 2.75) is 51.6 Å². The van der Waals surface area contributed by atoms with Crippen molar-refractivity contribution in [2.24, 2.45) is 0 Å². The molecule has 2 heterocycles. The van der Waals surface area contributed by atoms with Gasteiger partial charge in [0.2, 0.25) is 0 Å². The zero-order valence-electron chi connectivity index (χ0n) is 11.6. The molecule has 0 spiro atoms. The van der Waals surface area contributed by atoms with Gasteiger partial charge in [-0.3, -0.25) is 9.80 Å². The van der Waals surface area contributed by atoms with Crippen LogP contribution in [0.4, 0.5) is 0 Å². The van der Waals surface area contributed by atoms with Gasteiger partial charge in [-0.2, -0.15) is 0 Å². The fraction of sp³-hybridized carbons (Fsp3) is 1.00. The number of piperazine rings is 1. The minimum Gasteiger partial charge on any atom is -0.317 e. The van der Waals surface area contributed by atoms with Crippen molar-refractivity contribution >= 4 is 0 Å². The van der Waals surface area contributed by atoms with Crippen molar-refractivity contribution in [3.63, 3.8) is 0 Å². The minimum atomic E-state index is 0.748. The molecule has 2 atom stereocenters. The zero-order valence-corrected chi connectivity index (χ0v) is 11.6. The molecule has 2 unspecified atom stereocenters. The third-order valence-electron chi connectivity index (χ3n) is 4.48. The summed E-state index contributed by atoms with van der Waals surface area (Å²) < 4.78 is 0. The van der Waals surface area contributed by atoms with Crippen LogP contribution in [-0.2, 0) is 0 Å².